The number of nitrogens with zero attached hydrogens (tertiary/aromatic N) is 2. The first kappa shape index (κ1) is 17.4. The topological polar surface area (TPSA) is 58.1 Å². The zero-order chi connectivity index (χ0) is 18.1. The average molecular weight is 374 g/mol. The van der Waals surface area contributed by atoms with E-state index in [9.17, 15) is 9.59 Å². The molecule has 5 nitrogen and oxygen atoms in total. The van der Waals surface area contributed by atoms with Crippen LogP contribution in [0, 0.1) is 4.77 Å². The Morgan fingerprint density at radius 1 is 1.28 bits per heavy atom. The molecule has 0 bridgehead atoms. The van der Waals surface area contributed by atoms with Gasteiger partial charge in [-0.05, 0) is 42.0 Å². The minimum Gasteiger partial charge on any atom is -0.337 e. The molecule has 25 heavy (non-hydrogen) atoms. The lowest BCUT2D eigenvalue weighted by Gasteiger charge is -2.18. The normalized spacial score (nSPS) is 10.8. The van der Waals surface area contributed by atoms with Gasteiger partial charge in [0.1, 0.15) is 0 Å². The Morgan fingerprint density at radius 2 is 2.00 bits per heavy atom. The van der Waals surface area contributed by atoms with Gasteiger partial charge in [0.2, 0.25) is 0 Å². The summed E-state index contributed by atoms with van der Waals surface area (Å²) in [7, 11) is 3.32. The van der Waals surface area contributed by atoms with Crippen molar-refractivity contribution < 1.29 is 4.79 Å². The Bertz CT molecular complexity index is 1090. The maximum Gasteiger partial charge on any atom is 0.261 e. The van der Waals surface area contributed by atoms with Gasteiger partial charge in [-0.25, -0.2) is 0 Å². The summed E-state index contributed by atoms with van der Waals surface area (Å²) in [6.45, 7) is 0.392. The van der Waals surface area contributed by atoms with Crippen LogP contribution in [0.3, 0.4) is 0 Å². The third-order valence-corrected chi connectivity index (χ3v) is 4.80. The summed E-state index contributed by atoms with van der Waals surface area (Å²) in [5.41, 5.74) is 1.70. The molecular formula is C18H16ClN3O2S. The Balaban J connectivity index is 1.94. The SMILES string of the molecule is CN(Cc1ccccc1Cl)C(=O)c1ccc2c(=O)n(C)c(=S)[nH]c2c1. The molecule has 0 unspecified atom stereocenters. The minimum atomic E-state index is -0.192. The summed E-state index contributed by atoms with van der Waals surface area (Å²) >= 11 is 11.3. The lowest BCUT2D eigenvalue weighted by molar-refractivity contribution is 0.0785. The number of halogens is 1. The van der Waals surface area contributed by atoms with E-state index in [1.54, 1.807) is 43.3 Å². The number of aromatic nitrogens is 2. The van der Waals surface area contributed by atoms with Crippen LogP contribution < -0.4 is 5.56 Å². The zero-order valence-corrected chi connectivity index (χ0v) is 15.3. The summed E-state index contributed by atoms with van der Waals surface area (Å²) < 4.78 is 1.68. The van der Waals surface area contributed by atoms with Gasteiger partial charge < -0.3 is 9.88 Å². The highest BCUT2D eigenvalue weighted by Crippen LogP contribution is 2.18. The predicted molar refractivity (Wildman–Crippen MR) is 102 cm³/mol. The monoisotopic (exact) mass is 373 g/mol. The summed E-state index contributed by atoms with van der Waals surface area (Å²) in [6, 6.07) is 12.3. The van der Waals surface area contributed by atoms with Crippen molar-refractivity contribution >= 4 is 40.6 Å². The smallest absolute Gasteiger partial charge is 0.261 e. The van der Waals surface area contributed by atoms with Crippen LogP contribution >= 0.6 is 23.8 Å². The number of nitrogens with one attached hydrogen (secondary N) is 1. The molecule has 1 heterocycles. The van der Waals surface area contributed by atoms with Gasteiger partial charge in [0, 0.05) is 31.2 Å². The van der Waals surface area contributed by atoms with Crippen molar-refractivity contribution in [2.24, 2.45) is 7.05 Å². The minimum absolute atomic E-state index is 0.165. The number of fused-ring (bicyclic) bond motifs is 1. The van der Waals surface area contributed by atoms with Crippen LogP contribution in [0.1, 0.15) is 15.9 Å². The fraction of sp³-hybridized carbons (Fsp3) is 0.167. The highest BCUT2D eigenvalue weighted by molar-refractivity contribution is 7.71. The molecule has 3 rings (SSSR count). The molecule has 3 aromatic rings. The lowest BCUT2D eigenvalue weighted by atomic mass is 10.1. The van der Waals surface area contributed by atoms with Gasteiger partial charge in [0.25, 0.3) is 11.5 Å². The van der Waals surface area contributed by atoms with E-state index in [2.05, 4.69) is 4.98 Å². The predicted octanol–water partition coefficient (Wildman–Crippen LogP) is 3.52. The molecule has 0 radical (unpaired) electrons. The van der Waals surface area contributed by atoms with Crippen molar-refractivity contribution in [3.8, 4) is 0 Å². The van der Waals surface area contributed by atoms with E-state index in [1.165, 1.54) is 4.57 Å². The molecule has 0 spiro atoms. The van der Waals surface area contributed by atoms with Gasteiger partial charge in [-0.3, -0.25) is 14.2 Å². The van der Waals surface area contributed by atoms with Crippen LogP contribution in [0.5, 0.6) is 0 Å². The van der Waals surface area contributed by atoms with Gasteiger partial charge in [-0.1, -0.05) is 29.8 Å². The molecule has 0 atom stereocenters. The summed E-state index contributed by atoms with van der Waals surface area (Å²) in [4.78, 5) is 29.5. The second-order valence-electron chi connectivity index (χ2n) is 5.81. The molecule has 7 heteroatoms. The zero-order valence-electron chi connectivity index (χ0n) is 13.7. The van der Waals surface area contributed by atoms with Gasteiger partial charge >= 0.3 is 0 Å². The van der Waals surface area contributed by atoms with Crippen molar-refractivity contribution in [3.63, 3.8) is 0 Å². The number of aromatic amines is 1. The average Bonchev–Trinajstić information content (AvgIpc) is 2.60. The standard InChI is InChI=1S/C18H16ClN3O2S/c1-21(10-12-5-3-4-6-14(12)19)16(23)11-7-8-13-15(9-11)20-18(25)22(2)17(13)24/h3-9H,10H2,1-2H3,(H,20,25). The largest absolute Gasteiger partial charge is 0.337 e. The van der Waals surface area contributed by atoms with E-state index in [4.69, 9.17) is 23.8 Å². The summed E-state index contributed by atoms with van der Waals surface area (Å²) in [5, 5.41) is 1.11. The van der Waals surface area contributed by atoms with E-state index in [-0.39, 0.29) is 11.5 Å². The molecule has 0 aliphatic carbocycles. The molecule has 1 aromatic heterocycles. The second-order valence-corrected chi connectivity index (χ2v) is 6.60. The van der Waals surface area contributed by atoms with Crippen molar-refractivity contribution in [2.45, 2.75) is 6.54 Å². The van der Waals surface area contributed by atoms with Crippen molar-refractivity contribution in [1.29, 1.82) is 0 Å². The molecule has 0 saturated heterocycles. The van der Waals surface area contributed by atoms with Crippen LogP contribution in [0.4, 0.5) is 0 Å². The fourth-order valence-corrected chi connectivity index (χ4v) is 3.00. The van der Waals surface area contributed by atoms with Crippen molar-refractivity contribution in [3.05, 3.63) is 73.7 Å². The third kappa shape index (κ3) is 3.36. The van der Waals surface area contributed by atoms with Crippen molar-refractivity contribution in [2.75, 3.05) is 7.05 Å². The molecule has 128 valence electrons. The molecular weight excluding hydrogens is 358 g/mol. The Labute approximate surface area is 154 Å². The number of carbonyl (C=O) groups excluding carboxylic acids is 1. The molecule has 0 aliphatic rings. The summed E-state index contributed by atoms with van der Waals surface area (Å²) in [6.07, 6.45) is 0. The molecule has 2 aromatic carbocycles. The van der Waals surface area contributed by atoms with E-state index in [0.29, 0.717) is 32.8 Å². The lowest BCUT2D eigenvalue weighted by Crippen LogP contribution is -2.26. The van der Waals surface area contributed by atoms with Crippen LogP contribution in [-0.2, 0) is 13.6 Å². The Hall–Kier alpha value is -2.44. The maximum atomic E-state index is 12.7. The fourth-order valence-electron chi connectivity index (χ4n) is 2.61. The van der Waals surface area contributed by atoms with Gasteiger partial charge in [-0.2, -0.15) is 0 Å². The van der Waals surface area contributed by atoms with E-state index < -0.39 is 0 Å². The van der Waals surface area contributed by atoms with Crippen LogP contribution in [0.15, 0.2) is 47.3 Å². The maximum absolute atomic E-state index is 12.7. The van der Waals surface area contributed by atoms with E-state index >= 15 is 0 Å². The number of hydrogen-bond acceptors (Lipinski definition) is 3. The van der Waals surface area contributed by atoms with Crippen molar-refractivity contribution in [1.82, 2.24) is 14.5 Å². The van der Waals surface area contributed by atoms with Crippen LogP contribution in [-0.4, -0.2) is 27.4 Å². The third-order valence-electron chi connectivity index (χ3n) is 4.06. The van der Waals surface area contributed by atoms with Crippen LogP contribution in [0.25, 0.3) is 10.9 Å². The van der Waals surface area contributed by atoms with Gasteiger partial charge in [-0.15, -0.1) is 0 Å². The highest BCUT2D eigenvalue weighted by Gasteiger charge is 2.15. The molecule has 0 aliphatic heterocycles. The molecule has 0 fully saturated rings. The Kier molecular flexibility index (Phi) is 4.74. The van der Waals surface area contributed by atoms with E-state index in [1.807, 2.05) is 18.2 Å². The summed E-state index contributed by atoms with van der Waals surface area (Å²) in [5.74, 6) is -0.165. The first-order chi connectivity index (χ1) is 11.9. The quantitative estimate of drug-likeness (QED) is 0.714. The van der Waals surface area contributed by atoms with Crippen LogP contribution in [0.2, 0.25) is 5.02 Å². The first-order valence-electron chi connectivity index (χ1n) is 7.60. The van der Waals surface area contributed by atoms with Gasteiger partial charge in [0.05, 0.1) is 10.9 Å². The van der Waals surface area contributed by atoms with Gasteiger partial charge in [0.15, 0.2) is 4.77 Å². The number of benzene rings is 2. The second kappa shape index (κ2) is 6.82. The number of carbonyl (C=O) groups is 1. The number of H-pyrrole nitrogens is 1. The number of rotatable bonds is 3. The number of amides is 1. The van der Waals surface area contributed by atoms with E-state index in [0.717, 1.165) is 5.56 Å². The highest BCUT2D eigenvalue weighted by atomic mass is 35.5. The molecule has 1 N–H and O–H groups in total. The molecule has 0 saturated carbocycles. The Morgan fingerprint density at radius 3 is 2.72 bits per heavy atom. The first-order valence-corrected chi connectivity index (χ1v) is 8.39. The molecule has 1 amide bonds. The number of hydrogen-bond donors (Lipinski definition) is 1.